The lowest BCUT2D eigenvalue weighted by Gasteiger charge is -2.45. The lowest BCUT2D eigenvalue weighted by molar-refractivity contribution is -0.395. The van der Waals surface area contributed by atoms with Crippen LogP contribution in [-0.4, -0.2) is 79.3 Å². The second-order valence-corrected chi connectivity index (χ2v) is 6.50. The number of carbonyl (C=O) groups excluding carboxylic acids is 1. The number of anilines is 1. The van der Waals surface area contributed by atoms with E-state index in [1.54, 1.807) is 13.8 Å². The van der Waals surface area contributed by atoms with E-state index in [1.165, 1.54) is 24.2 Å². The van der Waals surface area contributed by atoms with Crippen molar-refractivity contribution < 1.29 is 34.7 Å². The van der Waals surface area contributed by atoms with Gasteiger partial charge in [0.25, 0.3) is 5.91 Å². The van der Waals surface area contributed by atoms with E-state index >= 15 is 0 Å². The van der Waals surface area contributed by atoms with Gasteiger partial charge in [0.2, 0.25) is 5.79 Å². The van der Waals surface area contributed by atoms with Crippen molar-refractivity contribution in [1.29, 1.82) is 0 Å². The first-order chi connectivity index (χ1) is 13.1. The number of nitrogens with two attached hydrogens (primary N) is 1. The molecule has 3 unspecified atom stereocenters. The zero-order valence-electron chi connectivity index (χ0n) is 15.9. The molecule has 28 heavy (non-hydrogen) atoms. The first-order valence-electron chi connectivity index (χ1n) is 8.82. The van der Waals surface area contributed by atoms with Crippen LogP contribution in [0.5, 0.6) is 0 Å². The third-order valence-electron chi connectivity index (χ3n) is 4.47. The summed E-state index contributed by atoms with van der Waals surface area (Å²) >= 11 is 0. The number of aliphatic hydroxyl groups excluding tert-OH is 3. The summed E-state index contributed by atoms with van der Waals surface area (Å²) in [5.41, 5.74) is 5.27. The highest BCUT2D eigenvalue weighted by Crippen LogP contribution is 2.34. The maximum atomic E-state index is 11.7. The number of primary amides is 1. The van der Waals surface area contributed by atoms with E-state index in [9.17, 15) is 25.2 Å². The number of hydrogen-bond donors (Lipinski definition) is 6. The fraction of sp³-hybridized carbons (Fsp3) is 0.688. The molecule has 1 fully saturated rings. The van der Waals surface area contributed by atoms with Gasteiger partial charge in [-0.1, -0.05) is 6.92 Å². The zero-order valence-corrected chi connectivity index (χ0v) is 15.9. The fourth-order valence-corrected chi connectivity index (χ4v) is 2.89. The van der Waals surface area contributed by atoms with Crippen LogP contribution in [0.25, 0.3) is 0 Å². The predicted molar refractivity (Wildman–Crippen MR) is 97.3 cm³/mol. The van der Waals surface area contributed by atoms with Crippen LogP contribution < -0.4 is 11.1 Å². The molecule has 0 radical (unpaired) electrons. The van der Waals surface area contributed by atoms with E-state index in [1.807, 2.05) is 0 Å². The maximum Gasteiger partial charge on any atom is 0.271 e. The highest BCUT2D eigenvalue weighted by Gasteiger charge is 2.50. The Hall–Kier alpha value is -2.09. The summed E-state index contributed by atoms with van der Waals surface area (Å²) < 4.78 is 12.2. The number of nitrogens with zero attached hydrogens (tertiary/aromatic N) is 3. The van der Waals surface area contributed by atoms with Gasteiger partial charge in [0.05, 0.1) is 25.3 Å². The number of aliphatic imine (C=N–C) groups is 1. The number of amides is 1. The van der Waals surface area contributed by atoms with Crippen molar-refractivity contribution in [3.05, 3.63) is 12.0 Å². The molecule has 158 valence electrons. The summed E-state index contributed by atoms with van der Waals surface area (Å²) in [7, 11) is 0. The SMILES string of the molecule is CCC(O)N=CNc1c(C(N)=O)ncn1[C@H](C)C1O[C@@H](C)O[C@@](O)(CO)C1O. The number of ether oxygens (including phenoxy) is 2. The van der Waals surface area contributed by atoms with E-state index < -0.39 is 49.1 Å². The normalized spacial score (nSPS) is 30.3. The van der Waals surface area contributed by atoms with Gasteiger partial charge in [0.1, 0.15) is 24.3 Å². The number of hydrogen-bond acceptors (Lipinski definition) is 9. The third kappa shape index (κ3) is 4.48. The molecule has 0 spiro atoms. The molecule has 12 heteroatoms. The minimum atomic E-state index is -2.20. The van der Waals surface area contributed by atoms with Crippen molar-refractivity contribution in [3.8, 4) is 0 Å². The minimum absolute atomic E-state index is 0.0868. The number of carbonyl (C=O) groups is 1. The highest BCUT2D eigenvalue weighted by atomic mass is 16.8. The van der Waals surface area contributed by atoms with Gasteiger partial charge in [0.15, 0.2) is 12.0 Å². The second-order valence-electron chi connectivity index (χ2n) is 6.50. The summed E-state index contributed by atoms with van der Waals surface area (Å²) in [6.45, 7) is 4.07. The van der Waals surface area contributed by atoms with Gasteiger partial charge in [-0.15, -0.1) is 0 Å². The second kappa shape index (κ2) is 8.94. The molecule has 7 N–H and O–H groups in total. The Labute approximate surface area is 161 Å². The van der Waals surface area contributed by atoms with Gasteiger partial charge in [0, 0.05) is 0 Å². The lowest BCUT2D eigenvalue weighted by Crippen LogP contribution is -2.62. The number of aliphatic hydroxyl groups is 4. The first kappa shape index (κ1) is 22.2. The molecule has 0 saturated carbocycles. The van der Waals surface area contributed by atoms with E-state index in [0.29, 0.717) is 6.42 Å². The summed E-state index contributed by atoms with van der Waals surface area (Å²) in [5.74, 6) is -2.84. The van der Waals surface area contributed by atoms with E-state index in [-0.39, 0.29) is 11.5 Å². The van der Waals surface area contributed by atoms with Crippen molar-refractivity contribution in [3.63, 3.8) is 0 Å². The molecule has 2 heterocycles. The predicted octanol–water partition coefficient (Wildman–Crippen LogP) is -1.49. The van der Waals surface area contributed by atoms with Crippen LogP contribution in [0.3, 0.4) is 0 Å². The van der Waals surface area contributed by atoms with Crippen LogP contribution in [0, 0.1) is 0 Å². The maximum absolute atomic E-state index is 11.7. The molecule has 0 bridgehead atoms. The zero-order chi connectivity index (χ0) is 21.1. The first-order valence-corrected chi connectivity index (χ1v) is 8.82. The van der Waals surface area contributed by atoms with E-state index in [4.69, 9.17) is 15.2 Å². The topological polar surface area (TPSA) is 185 Å². The van der Waals surface area contributed by atoms with Crippen molar-refractivity contribution in [2.45, 2.75) is 63.7 Å². The van der Waals surface area contributed by atoms with Gasteiger partial charge < -0.3 is 45.5 Å². The molecule has 0 aromatic carbocycles. The molecular formula is C16H27N5O7. The van der Waals surface area contributed by atoms with Gasteiger partial charge in [-0.3, -0.25) is 4.79 Å². The number of imidazole rings is 1. The summed E-state index contributed by atoms with van der Waals surface area (Å²) in [6, 6.07) is -0.674. The van der Waals surface area contributed by atoms with Gasteiger partial charge >= 0.3 is 0 Å². The number of nitrogens with one attached hydrogen (secondary N) is 1. The number of aromatic nitrogens is 2. The van der Waals surface area contributed by atoms with Crippen LogP contribution in [0.1, 0.15) is 43.7 Å². The third-order valence-corrected chi connectivity index (χ3v) is 4.47. The molecule has 1 aliphatic rings. The van der Waals surface area contributed by atoms with Crippen molar-refractivity contribution >= 4 is 18.1 Å². The molecule has 0 aliphatic carbocycles. The molecule has 1 saturated heterocycles. The Balaban J connectivity index is 2.35. The Kier molecular flexibility index (Phi) is 7.09. The molecule has 6 atom stereocenters. The average molecular weight is 401 g/mol. The standard InChI is InChI=1S/C16H27N5O7/c1-4-10(23)18-6-19-15-11(14(17)25)20-7-21(15)8(2)12-13(24)16(26,5-22)28-9(3)27-12/h6-10,12-13,22-24,26H,4-5H2,1-3H3,(H2,17,25)(H,18,19)/t8-,9-,10?,12?,13?,16+/m1/s1. The van der Waals surface area contributed by atoms with Crippen LogP contribution in [0.2, 0.25) is 0 Å². The summed E-state index contributed by atoms with van der Waals surface area (Å²) in [6.07, 6.45) is -1.53. The molecule has 1 amide bonds. The largest absolute Gasteiger partial charge is 0.391 e. The Bertz CT molecular complexity index is 712. The lowest BCUT2D eigenvalue weighted by atomic mass is 9.97. The molecule has 1 aliphatic heterocycles. The molecule has 12 nitrogen and oxygen atoms in total. The molecule has 2 rings (SSSR count). The smallest absolute Gasteiger partial charge is 0.271 e. The Morgan fingerprint density at radius 2 is 2.29 bits per heavy atom. The van der Waals surface area contributed by atoms with Crippen LogP contribution >= 0.6 is 0 Å². The molecule has 1 aromatic heterocycles. The van der Waals surface area contributed by atoms with Crippen molar-refractivity contribution in [2.75, 3.05) is 11.9 Å². The molecular weight excluding hydrogens is 374 g/mol. The van der Waals surface area contributed by atoms with Gasteiger partial charge in [-0.25, -0.2) is 9.98 Å². The van der Waals surface area contributed by atoms with Crippen LogP contribution in [-0.2, 0) is 9.47 Å². The number of rotatable bonds is 8. The van der Waals surface area contributed by atoms with E-state index in [2.05, 4.69) is 15.3 Å². The van der Waals surface area contributed by atoms with Crippen molar-refractivity contribution in [2.24, 2.45) is 10.7 Å². The summed E-state index contributed by atoms with van der Waals surface area (Å²) in [4.78, 5) is 19.5. The van der Waals surface area contributed by atoms with Crippen LogP contribution in [0.4, 0.5) is 5.82 Å². The van der Waals surface area contributed by atoms with Gasteiger partial charge in [-0.2, -0.15) is 0 Å². The Morgan fingerprint density at radius 1 is 1.61 bits per heavy atom. The minimum Gasteiger partial charge on any atom is -0.391 e. The van der Waals surface area contributed by atoms with Crippen molar-refractivity contribution in [1.82, 2.24) is 9.55 Å². The van der Waals surface area contributed by atoms with Crippen LogP contribution in [0.15, 0.2) is 11.3 Å². The highest BCUT2D eigenvalue weighted by molar-refractivity contribution is 5.97. The fourth-order valence-electron chi connectivity index (χ4n) is 2.89. The van der Waals surface area contributed by atoms with Gasteiger partial charge in [-0.05, 0) is 20.3 Å². The van der Waals surface area contributed by atoms with E-state index in [0.717, 1.165) is 0 Å². The monoisotopic (exact) mass is 401 g/mol. The average Bonchev–Trinajstić information content (AvgIpc) is 3.08. The summed E-state index contributed by atoms with van der Waals surface area (Å²) in [5, 5.41) is 42.5. The Morgan fingerprint density at radius 3 is 2.86 bits per heavy atom. The quantitative estimate of drug-likeness (QED) is 0.223. The molecule has 1 aromatic rings.